The molecule has 0 radical (unpaired) electrons. The number of nitrogens with zero attached hydrogens (tertiary/aromatic N) is 3. The number of hydrogen-bond donors (Lipinski definition) is 0. The number of alkyl halides is 3. The van der Waals surface area contributed by atoms with Crippen molar-refractivity contribution in [3.8, 4) is 6.01 Å². The van der Waals surface area contributed by atoms with E-state index in [9.17, 15) is 18.0 Å². The van der Waals surface area contributed by atoms with E-state index in [-0.39, 0.29) is 24.4 Å². The molecule has 0 aliphatic carbocycles. The van der Waals surface area contributed by atoms with E-state index in [1.807, 2.05) is 60.7 Å². The summed E-state index contributed by atoms with van der Waals surface area (Å²) in [6.07, 6.45) is -2.40. The maximum atomic E-state index is 13.2. The van der Waals surface area contributed by atoms with E-state index in [4.69, 9.17) is 4.74 Å². The molecule has 0 saturated carbocycles. The molecule has 1 aromatic heterocycles. The van der Waals surface area contributed by atoms with Gasteiger partial charge >= 0.3 is 12.2 Å². The predicted octanol–water partition coefficient (Wildman–Crippen LogP) is 5.09. The van der Waals surface area contributed by atoms with Crippen molar-refractivity contribution >= 4 is 5.91 Å². The minimum atomic E-state index is -4.57. The Bertz CT molecular complexity index is 1020. The average Bonchev–Trinajstić information content (AvgIpc) is 2.83. The molecule has 1 fully saturated rings. The van der Waals surface area contributed by atoms with Gasteiger partial charge in [0.05, 0.1) is 6.54 Å². The number of piperidine rings is 1. The first-order valence-corrected chi connectivity index (χ1v) is 10.8. The third-order valence-electron chi connectivity index (χ3n) is 5.71. The SMILES string of the molecule is O=C(CC(c1ccccc1)c1ccccc1)N1CCCC(Oc2nccc(C(F)(F)F)n2)C1. The van der Waals surface area contributed by atoms with Crippen LogP contribution in [-0.2, 0) is 11.0 Å². The van der Waals surface area contributed by atoms with Crippen LogP contribution in [0.1, 0.15) is 42.0 Å². The van der Waals surface area contributed by atoms with Crippen molar-refractivity contribution in [3.63, 3.8) is 0 Å². The Kier molecular flexibility index (Phi) is 6.91. The van der Waals surface area contributed by atoms with Crippen LogP contribution in [0.25, 0.3) is 0 Å². The first kappa shape index (κ1) is 22.8. The quantitative estimate of drug-likeness (QED) is 0.520. The molecular weight excluding hydrogens is 431 g/mol. The van der Waals surface area contributed by atoms with Crippen LogP contribution in [0, 0.1) is 0 Å². The Morgan fingerprint density at radius 1 is 1.03 bits per heavy atom. The first-order chi connectivity index (χ1) is 15.9. The normalized spacial score (nSPS) is 16.6. The summed E-state index contributed by atoms with van der Waals surface area (Å²) in [6, 6.07) is 20.2. The standard InChI is InChI=1S/C25H24F3N3O2/c26-25(27,28)22-13-14-29-24(30-22)33-20-12-7-15-31(17-20)23(32)16-21(18-8-3-1-4-9-18)19-10-5-2-6-11-19/h1-6,8-11,13-14,20-21H,7,12,15-17H2. The van der Waals surface area contributed by atoms with Crippen LogP contribution in [0.4, 0.5) is 13.2 Å². The number of carbonyl (C=O) groups excluding carboxylic acids is 1. The highest BCUT2D eigenvalue weighted by Gasteiger charge is 2.34. The Labute approximate surface area is 190 Å². The number of aromatic nitrogens is 2. The second kappa shape index (κ2) is 10.0. The molecule has 3 aromatic rings. The van der Waals surface area contributed by atoms with E-state index in [2.05, 4.69) is 9.97 Å². The molecule has 2 heterocycles. The van der Waals surface area contributed by atoms with Gasteiger partial charge in [0.1, 0.15) is 6.10 Å². The monoisotopic (exact) mass is 455 g/mol. The molecule has 1 aliphatic heterocycles. The van der Waals surface area contributed by atoms with E-state index in [0.29, 0.717) is 25.8 Å². The number of amides is 1. The Morgan fingerprint density at radius 2 is 1.67 bits per heavy atom. The zero-order valence-corrected chi connectivity index (χ0v) is 17.9. The van der Waals surface area contributed by atoms with Gasteiger partial charge < -0.3 is 9.64 Å². The van der Waals surface area contributed by atoms with Crippen LogP contribution >= 0.6 is 0 Å². The van der Waals surface area contributed by atoms with Crippen molar-refractivity contribution < 1.29 is 22.7 Å². The smallest absolute Gasteiger partial charge is 0.433 e. The maximum Gasteiger partial charge on any atom is 0.433 e. The van der Waals surface area contributed by atoms with Crippen molar-refractivity contribution in [2.24, 2.45) is 0 Å². The fraction of sp³-hybridized carbons (Fsp3) is 0.320. The lowest BCUT2D eigenvalue weighted by Gasteiger charge is -2.33. The van der Waals surface area contributed by atoms with E-state index >= 15 is 0 Å². The topological polar surface area (TPSA) is 55.3 Å². The molecule has 1 amide bonds. The highest BCUT2D eigenvalue weighted by molar-refractivity contribution is 5.78. The molecule has 1 aliphatic rings. The lowest BCUT2D eigenvalue weighted by Crippen LogP contribution is -2.45. The third-order valence-corrected chi connectivity index (χ3v) is 5.71. The van der Waals surface area contributed by atoms with Crippen LogP contribution in [0.5, 0.6) is 6.01 Å². The molecule has 4 rings (SSSR count). The lowest BCUT2D eigenvalue weighted by molar-refractivity contribution is -0.141. The number of hydrogen-bond acceptors (Lipinski definition) is 4. The van der Waals surface area contributed by atoms with Gasteiger partial charge in [-0.15, -0.1) is 0 Å². The number of halogens is 3. The largest absolute Gasteiger partial charge is 0.458 e. The van der Waals surface area contributed by atoms with Crippen LogP contribution in [-0.4, -0.2) is 40.0 Å². The zero-order valence-electron chi connectivity index (χ0n) is 17.9. The summed E-state index contributed by atoms with van der Waals surface area (Å²) in [7, 11) is 0. The van der Waals surface area contributed by atoms with Crippen molar-refractivity contribution in [1.29, 1.82) is 0 Å². The minimum absolute atomic E-state index is 0.0223. The summed E-state index contributed by atoms with van der Waals surface area (Å²) >= 11 is 0. The van der Waals surface area contributed by atoms with Gasteiger partial charge in [0.15, 0.2) is 5.69 Å². The van der Waals surface area contributed by atoms with Crippen molar-refractivity contribution in [1.82, 2.24) is 14.9 Å². The number of likely N-dealkylation sites (tertiary alicyclic amines) is 1. The molecule has 172 valence electrons. The van der Waals surface area contributed by atoms with Crippen molar-refractivity contribution in [3.05, 3.63) is 89.7 Å². The van der Waals surface area contributed by atoms with Gasteiger partial charge in [-0.1, -0.05) is 60.7 Å². The summed E-state index contributed by atoms with van der Waals surface area (Å²) in [6.45, 7) is 0.868. The molecular formula is C25H24F3N3O2. The Hall–Kier alpha value is -3.42. The molecule has 33 heavy (non-hydrogen) atoms. The van der Waals surface area contributed by atoms with E-state index < -0.39 is 18.0 Å². The second-order valence-corrected chi connectivity index (χ2v) is 8.02. The maximum absolute atomic E-state index is 13.2. The molecule has 8 heteroatoms. The zero-order chi connectivity index (χ0) is 23.3. The van der Waals surface area contributed by atoms with Gasteiger partial charge in [-0.05, 0) is 30.0 Å². The van der Waals surface area contributed by atoms with Crippen molar-refractivity contribution in [2.75, 3.05) is 13.1 Å². The predicted molar refractivity (Wildman–Crippen MR) is 117 cm³/mol. The summed E-state index contributed by atoms with van der Waals surface area (Å²) in [5, 5.41) is 0. The summed E-state index contributed by atoms with van der Waals surface area (Å²) in [4.78, 5) is 22.2. The van der Waals surface area contributed by atoms with E-state index in [1.165, 1.54) is 0 Å². The number of rotatable bonds is 6. The summed E-state index contributed by atoms with van der Waals surface area (Å²) in [5.74, 6) is -0.112. The Balaban J connectivity index is 1.45. The first-order valence-electron chi connectivity index (χ1n) is 10.8. The van der Waals surface area contributed by atoms with Crippen LogP contribution < -0.4 is 4.74 Å². The minimum Gasteiger partial charge on any atom is -0.458 e. The molecule has 0 N–H and O–H groups in total. The lowest BCUT2D eigenvalue weighted by atomic mass is 9.88. The average molecular weight is 455 g/mol. The molecule has 2 aromatic carbocycles. The van der Waals surface area contributed by atoms with Crippen LogP contribution in [0.15, 0.2) is 72.9 Å². The van der Waals surface area contributed by atoms with Crippen LogP contribution in [0.2, 0.25) is 0 Å². The molecule has 0 spiro atoms. The second-order valence-electron chi connectivity index (χ2n) is 8.02. The number of benzene rings is 2. The van der Waals surface area contributed by atoms with E-state index in [1.54, 1.807) is 4.90 Å². The fourth-order valence-corrected chi connectivity index (χ4v) is 4.07. The molecule has 1 unspecified atom stereocenters. The van der Waals surface area contributed by atoms with Gasteiger partial charge in [-0.2, -0.15) is 18.2 Å². The van der Waals surface area contributed by atoms with Gasteiger partial charge in [-0.3, -0.25) is 4.79 Å². The molecule has 0 bridgehead atoms. The van der Waals surface area contributed by atoms with Gasteiger partial charge in [-0.25, -0.2) is 4.98 Å². The molecule has 5 nitrogen and oxygen atoms in total. The van der Waals surface area contributed by atoms with Crippen molar-refractivity contribution in [2.45, 2.75) is 37.5 Å². The highest BCUT2D eigenvalue weighted by Crippen LogP contribution is 2.30. The van der Waals surface area contributed by atoms with Gasteiger partial charge in [0, 0.05) is 25.1 Å². The molecule has 1 saturated heterocycles. The number of ether oxygens (including phenoxy) is 1. The third kappa shape index (κ3) is 5.88. The van der Waals surface area contributed by atoms with Gasteiger partial charge in [0.25, 0.3) is 0 Å². The highest BCUT2D eigenvalue weighted by atomic mass is 19.4. The summed E-state index contributed by atoms with van der Waals surface area (Å²) in [5.41, 5.74) is 1.06. The summed E-state index contributed by atoms with van der Waals surface area (Å²) < 4.78 is 44.4. The Morgan fingerprint density at radius 3 is 2.27 bits per heavy atom. The van der Waals surface area contributed by atoms with Crippen LogP contribution in [0.3, 0.4) is 0 Å². The van der Waals surface area contributed by atoms with E-state index in [0.717, 1.165) is 23.4 Å². The fourth-order valence-electron chi connectivity index (χ4n) is 4.07. The molecule has 1 atom stereocenters. The number of carbonyl (C=O) groups is 1. The van der Waals surface area contributed by atoms with Gasteiger partial charge in [0.2, 0.25) is 5.91 Å².